The number of rotatable bonds is 8. The lowest BCUT2D eigenvalue weighted by Crippen LogP contribution is -2.44. The summed E-state index contributed by atoms with van der Waals surface area (Å²) in [5, 5.41) is 4.76. The summed E-state index contributed by atoms with van der Waals surface area (Å²) < 4.78 is 88.4. The third-order valence-corrected chi connectivity index (χ3v) is 6.45. The van der Waals surface area contributed by atoms with E-state index in [9.17, 15) is 40.7 Å². The summed E-state index contributed by atoms with van der Waals surface area (Å²) in [6.07, 6.45) is -6.70. The first-order chi connectivity index (χ1) is 19.9. The molecule has 9 nitrogen and oxygen atoms in total. The Morgan fingerprint density at radius 2 is 1.71 bits per heavy atom. The minimum absolute atomic E-state index is 0.0266. The Balaban J connectivity index is 1.57. The third kappa shape index (κ3) is 7.01. The Hall–Kier alpha value is -4.56. The van der Waals surface area contributed by atoms with Crippen molar-refractivity contribution >= 4 is 23.7 Å². The Labute approximate surface area is 235 Å². The summed E-state index contributed by atoms with van der Waals surface area (Å²) in [6, 6.07) is 7.53. The molecule has 3 amide bonds. The molecular formula is C27H25F6N5O4. The van der Waals surface area contributed by atoms with E-state index in [4.69, 9.17) is 4.74 Å². The molecule has 1 aromatic heterocycles. The molecule has 4 rings (SSSR count). The van der Waals surface area contributed by atoms with Crippen molar-refractivity contribution in [3.63, 3.8) is 0 Å². The molecule has 0 aliphatic carbocycles. The lowest BCUT2D eigenvalue weighted by molar-refractivity contribution is -0.148. The van der Waals surface area contributed by atoms with Gasteiger partial charge in [-0.3, -0.25) is 9.59 Å². The van der Waals surface area contributed by atoms with E-state index in [0.29, 0.717) is 12.1 Å². The fraction of sp³-hybridized carbons (Fsp3) is 0.333. The zero-order valence-corrected chi connectivity index (χ0v) is 22.1. The van der Waals surface area contributed by atoms with E-state index in [1.807, 2.05) is 0 Å². The first kappa shape index (κ1) is 30.4. The molecule has 0 saturated carbocycles. The number of hydrogen-bond acceptors (Lipinski definition) is 5. The van der Waals surface area contributed by atoms with Crippen LogP contribution in [0.25, 0.3) is 0 Å². The molecule has 0 radical (unpaired) electrons. The maximum atomic E-state index is 14.3. The molecule has 0 fully saturated rings. The predicted molar refractivity (Wildman–Crippen MR) is 136 cm³/mol. The third-order valence-electron chi connectivity index (χ3n) is 6.45. The molecule has 15 heteroatoms. The standard InChI is InChI=1S/C27H25F6N5O4/c1-2-42-26(41)34-17(10-16-11-19(29)20(30)13-18(16)28)12-22(39)37-8-9-38-21(14-37)23(36-25(38)27(31,32)33)35-24(40)15-6-4-3-5-7-15/h3-7,11,13,17H,2,8-10,12,14H2,1H3,(H,34,41)(H,35,40)/t17-/m1/s1. The summed E-state index contributed by atoms with van der Waals surface area (Å²) in [4.78, 5) is 42.8. The van der Waals surface area contributed by atoms with Crippen LogP contribution >= 0.6 is 0 Å². The topological polar surface area (TPSA) is 106 Å². The fourth-order valence-electron chi connectivity index (χ4n) is 4.51. The number of imidazole rings is 1. The fourth-order valence-corrected chi connectivity index (χ4v) is 4.51. The van der Waals surface area contributed by atoms with Gasteiger partial charge >= 0.3 is 12.3 Å². The summed E-state index contributed by atoms with van der Waals surface area (Å²) >= 11 is 0. The number of benzene rings is 2. The molecule has 3 aromatic rings. The van der Waals surface area contributed by atoms with Crippen LogP contribution in [0.4, 0.5) is 37.0 Å². The summed E-state index contributed by atoms with van der Waals surface area (Å²) in [5.41, 5.74) is -0.220. The number of nitrogens with zero attached hydrogens (tertiary/aromatic N) is 3. The first-order valence-electron chi connectivity index (χ1n) is 12.7. The molecule has 0 unspecified atom stereocenters. The molecule has 1 atom stereocenters. The number of alkyl carbamates (subject to hydrolysis) is 1. The van der Waals surface area contributed by atoms with E-state index in [-0.39, 0.29) is 48.9 Å². The van der Waals surface area contributed by atoms with Crippen LogP contribution in [0.15, 0.2) is 42.5 Å². The SMILES string of the molecule is CCOC(=O)N[C@@H](CC(=O)N1CCn2c(C(F)(F)F)nc(NC(=O)c3ccccc3)c2C1)Cc1cc(F)c(F)cc1F. The Morgan fingerprint density at radius 1 is 1.02 bits per heavy atom. The second kappa shape index (κ2) is 12.5. The quantitative estimate of drug-likeness (QED) is 0.290. The molecule has 2 aromatic carbocycles. The van der Waals surface area contributed by atoms with E-state index in [0.717, 1.165) is 4.57 Å². The second-order valence-electron chi connectivity index (χ2n) is 9.34. The van der Waals surface area contributed by atoms with Gasteiger partial charge in [0.2, 0.25) is 11.7 Å². The van der Waals surface area contributed by atoms with Crippen molar-refractivity contribution in [3.8, 4) is 0 Å². The van der Waals surface area contributed by atoms with E-state index in [2.05, 4.69) is 15.6 Å². The molecule has 0 saturated heterocycles. The van der Waals surface area contributed by atoms with Crippen molar-refractivity contribution < 1.29 is 45.5 Å². The molecule has 1 aliphatic heterocycles. The number of anilines is 1. The zero-order chi connectivity index (χ0) is 30.6. The van der Waals surface area contributed by atoms with Crippen LogP contribution in [-0.2, 0) is 35.2 Å². The van der Waals surface area contributed by atoms with Gasteiger partial charge in [0.15, 0.2) is 17.5 Å². The summed E-state index contributed by atoms with van der Waals surface area (Å²) in [5.74, 6) is -6.83. The summed E-state index contributed by atoms with van der Waals surface area (Å²) in [7, 11) is 0. The lowest BCUT2D eigenvalue weighted by atomic mass is 10.0. The highest BCUT2D eigenvalue weighted by Gasteiger charge is 2.41. The number of carbonyl (C=O) groups is 3. The van der Waals surface area contributed by atoms with Gasteiger partial charge in [0.05, 0.1) is 18.8 Å². The normalized spacial score (nSPS) is 13.7. The zero-order valence-electron chi connectivity index (χ0n) is 22.1. The number of aromatic nitrogens is 2. The highest BCUT2D eigenvalue weighted by molar-refractivity contribution is 6.04. The van der Waals surface area contributed by atoms with Crippen molar-refractivity contribution in [2.24, 2.45) is 0 Å². The molecule has 1 aliphatic rings. The minimum Gasteiger partial charge on any atom is -0.450 e. The van der Waals surface area contributed by atoms with Gasteiger partial charge in [0.25, 0.3) is 5.91 Å². The molecule has 42 heavy (non-hydrogen) atoms. The van der Waals surface area contributed by atoms with Gasteiger partial charge in [-0.2, -0.15) is 13.2 Å². The lowest BCUT2D eigenvalue weighted by Gasteiger charge is -2.31. The molecule has 0 bridgehead atoms. The number of ether oxygens (including phenoxy) is 1. The highest BCUT2D eigenvalue weighted by Crippen LogP contribution is 2.34. The molecule has 224 valence electrons. The van der Waals surface area contributed by atoms with E-state index in [1.165, 1.54) is 24.0 Å². The molecule has 2 N–H and O–H groups in total. The number of hydrogen-bond donors (Lipinski definition) is 2. The molecule has 2 heterocycles. The first-order valence-corrected chi connectivity index (χ1v) is 12.7. The maximum Gasteiger partial charge on any atom is 0.449 e. The van der Waals surface area contributed by atoms with Crippen molar-refractivity contribution in [1.29, 1.82) is 0 Å². The van der Waals surface area contributed by atoms with Gasteiger partial charge in [-0.05, 0) is 37.1 Å². The second-order valence-corrected chi connectivity index (χ2v) is 9.34. The van der Waals surface area contributed by atoms with E-state index < -0.39 is 66.2 Å². The highest BCUT2D eigenvalue weighted by atomic mass is 19.4. The molecule has 0 spiro atoms. The summed E-state index contributed by atoms with van der Waals surface area (Å²) in [6.45, 7) is 0.634. The number of halogens is 6. The van der Waals surface area contributed by atoms with Gasteiger partial charge in [-0.25, -0.2) is 22.9 Å². The number of carbonyl (C=O) groups excluding carboxylic acids is 3. The number of nitrogens with one attached hydrogen (secondary N) is 2. The van der Waals surface area contributed by atoms with Gasteiger partial charge in [0, 0.05) is 37.2 Å². The molecular weight excluding hydrogens is 572 g/mol. The van der Waals surface area contributed by atoms with E-state index >= 15 is 0 Å². The average Bonchev–Trinajstić information content (AvgIpc) is 3.30. The van der Waals surface area contributed by atoms with Crippen LogP contribution in [0.5, 0.6) is 0 Å². The number of fused-ring (bicyclic) bond motifs is 1. The largest absolute Gasteiger partial charge is 0.450 e. The van der Waals surface area contributed by atoms with Crippen molar-refractivity contribution in [1.82, 2.24) is 19.8 Å². The van der Waals surface area contributed by atoms with Gasteiger partial charge in [-0.1, -0.05) is 18.2 Å². The Morgan fingerprint density at radius 3 is 2.38 bits per heavy atom. The van der Waals surface area contributed by atoms with Gasteiger partial charge < -0.3 is 24.8 Å². The smallest absolute Gasteiger partial charge is 0.449 e. The van der Waals surface area contributed by atoms with Crippen molar-refractivity contribution in [2.75, 3.05) is 18.5 Å². The van der Waals surface area contributed by atoms with Crippen molar-refractivity contribution in [3.05, 3.63) is 82.6 Å². The Kier molecular flexibility index (Phi) is 9.07. The van der Waals surface area contributed by atoms with Crippen LogP contribution < -0.4 is 10.6 Å². The average molecular weight is 598 g/mol. The number of amides is 3. The van der Waals surface area contributed by atoms with E-state index in [1.54, 1.807) is 18.2 Å². The van der Waals surface area contributed by atoms with Gasteiger partial charge in [0.1, 0.15) is 5.82 Å². The van der Waals surface area contributed by atoms with Crippen LogP contribution in [0, 0.1) is 17.5 Å². The van der Waals surface area contributed by atoms with Crippen LogP contribution in [0.1, 0.15) is 40.8 Å². The Bertz CT molecular complexity index is 1480. The van der Waals surface area contributed by atoms with Gasteiger partial charge in [-0.15, -0.1) is 0 Å². The predicted octanol–water partition coefficient (Wildman–Crippen LogP) is 4.66. The van der Waals surface area contributed by atoms with Crippen LogP contribution in [0.3, 0.4) is 0 Å². The number of alkyl halides is 3. The monoisotopic (exact) mass is 597 g/mol. The van der Waals surface area contributed by atoms with Crippen LogP contribution in [0.2, 0.25) is 0 Å². The van der Waals surface area contributed by atoms with Crippen LogP contribution in [-0.4, -0.2) is 51.6 Å². The minimum atomic E-state index is -4.85. The maximum absolute atomic E-state index is 14.3. The van der Waals surface area contributed by atoms with Crippen molar-refractivity contribution in [2.45, 2.75) is 45.1 Å².